The maximum absolute atomic E-state index is 13.8. The Balaban J connectivity index is 1.02. The minimum absolute atomic E-state index is 0.101. The molecule has 3 heterocycles. The molecule has 4 aromatic rings. The van der Waals surface area contributed by atoms with Crippen LogP contribution in [0.15, 0.2) is 90.2 Å². The summed E-state index contributed by atoms with van der Waals surface area (Å²) >= 11 is 0. The Morgan fingerprint density at radius 1 is 0.847 bits per heavy atom. The number of nitrogens with zero attached hydrogens (tertiary/aromatic N) is 4. The molecule has 4 aromatic carbocycles. The molecule has 13 nitrogen and oxygen atoms in total. The fraction of sp³-hybridized carbons (Fsp3) is 0.326. The molecule has 0 aromatic heterocycles. The van der Waals surface area contributed by atoms with Gasteiger partial charge in [-0.25, -0.2) is 0 Å². The van der Waals surface area contributed by atoms with Gasteiger partial charge in [-0.15, -0.1) is 0 Å². The van der Waals surface area contributed by atoms with Gasteiger partial charge in [0.25, 0.3) is 5.91 Å². The van der Waals surface area contributed by atoms with Gasteiger partial charge in [-0.3, -0.25) is 14.6 Å². The van der Waals surface area contributed by atoms with E-state index in [1.54, 1.807) is 73.0 Å². The number of carbonyl (C=O) groups excluding carboxylic acids is 2. The number of aliphatic imine (C=N–C) groups is 1. The number of aryl methyl sites for hydroxylation is 1. The van der Waals surface area contributed by atoms with E-state index in [1.165, 1.54) is 12.0 Å². The van der Waals surface area contributed by atoms with Crippen molar-refractivity contribution < 1.29 is 43.9 Å². The minimum atomic E-state index is -1.05. The molecule has 3 aliphatic rings. The highest BCUT2D eigenvalue weighted by Gasteiger charge is 2.37. The lowest BCUT2D eigenvalue weighted by Crippen LogP contribution is -2.52. The number of phenolic OH excluding ortho intramolecular Hbond substituents is 2. The SMILES string of the molecule is CCC(C)N(c1cc(OCCCOc2cc3c(cc2OC)C(=O)N2C=C(c4ccc(O)cc4)CC2C=N3)c(OC)cc1C)C(O)C1CC(c2ccc(O)cc2)=CN1C=O. The molecule has 4 atom stereocenters. The van der Waals surface area contributed by atoms with Gasteiger partial charge in [0.15, 0.2) is 23.0 Å². The van der Waals surface area contributed by atoms with E-state index in [0.29, 0.717) is 53.5 Å². The summed E-state index contributed by atoms with van der Waals surface area (Å²) in [6.07, 6.45) is 7.30. The van der Waals surface area contributed by atoms with Crippen LogP contribution in [0.3, 0.4) is 0 Å². The van der Waals surface area contributed by atoms with Crippen LogP contribution < -0.4 is 23.8 Å². The van der Waals surface area contributed by atoms with E-state index < -0.39 is 12.3 Å². The van der Waals surface area contributed by atoms with Gasteiger partial charge >= 0.3 is 0 Å². The van der Waals surface area contributed by atoms with Gasteiger partial charge in [-0.2, -0.15) is 0 Å². The zero-order valence-electron chi connectivity index (χ0n) is 33.9. The number of phenols is 2. The van der Waals surface area contributed by atoms with Crippen molar-refractivity contribution in [2.75, 3.05) is 32.3 Å². The number of fused-ring (bicyclic) bond motifs is 2. The summed E-state index contributed by atoms with van der Waals surface area (Å²) in [7, 11) is 3.11. The van der Waals surface area contributed by atoms with Crippen LogP contribution in [0.2, 0.25) is 0 Å². The number of hydrogen-bond acceptors (Lipinski definition) is 11. The number of amides is 2. The summed E-state index contributed by atoms with van der Waals surface area (Å²) in [5, 5.41) is 31.5. The number of aromatic hydroxyl groups is 2. The molecule has 0 saturated heterocycles. The molecule has 0 radical (unpaired) electrons. The van der Waals surface area contributed by atoms with Crippen molar-refractivity contribution in [3.8, 4) is 34.5 Å². The third-order valence-electron chi connectivity index (χ3n) is 11.2. The number of carbonyl (C=O) groups is 2. The highest BCUT2D eigenvalue weighted by molar-refractivity contribution is 6.05. The van der Waals surface area contributed by atoms with Crippen molar-refractivity contribution >= 4 is 41.1 Å². The predicted molar refractivity (Wildman–Crippen MR) is 226 cm³/mol. The summed E-state index contributed by atoms with van der Waals surface area (Å²) in [4.78, 5) is 35.9. The Bertz CT molecular complexity index is 2270. The molecule has 0 bridgehead atoms. The van der Waals surface area contributed by atoms with Gasteiger partial charge in [0.1, 0.15) is 17.7 Å². The van der Waals surface area contributed by atoms with Gasteiger partial charge in [0, 0.05) is 55.3 Å². The first-order chi connectivity index (χ1) is 28.5. The third kappa shape index (κ3) is 8.42. The summed E-state index contributed by atoms with van der Waals surface area (Å²) in [6.45, 7) is 6.59. The zero-order valence-corrected chi connectivity index (χ0v) is 33.9. The lowest BCUT2D eigenvalue weighted by atomic mass is 9.99. The van der Waals surface area contributed by atoms with Crippen LogP contribution in [0.5, 0.6) is 34.5 Å². The number of ether oxygens (including phenoxy) is 4. The van der Waals surface area contributed by atoms with Gasteiger partial charge in [0.2, 0.25) is 6.41 Å². The van der Waals surface area contributed by atoms with E-state index in [2.05, 4.69) is 4.99 Å². The second-order valence-electron chi connectivity index (χ2n) is 14.9. The maximum atomic E-state index is 13.8. The first-order valence-corrected chi connectivity index (χ1v) is 19.8. The molecule has 59 heavy (non-hydrogen) atoms. The van der Waals surface area contributed by atoms with Crippen LogP contribution in [0.4, 0.5) is 11.4 Å². The Hall–Kier alpha value is -6.47. The maximum Gasteiger partial charge on any atom is 0.260 e. The average Bonchev–Trinajstić information content (AvgIpc) is 3.86. The number of benzene rings is 4. The Morgan fingerprint density at radius 2 is 1.44 bits per heavy atom. The van der Waals surface area contributed by atoms with Crippen molar-refractivity contribution in [2.45, 2.75) is 70.8 Å². The number of aliphatic hydroxyl groups excluding tert-OH is 1. The average molecular weight is 803 g/mol. The second kappa shape index (κ2) is 17.6. The monoisotopic (exact) mass is 802 g/mol. The predicted octanol–water partition coefficient (Wildman–Crippen LogP) is 7.44. The molecule has 0 saturated carbocycles. The van der Waals surface area contributed by atoms with Crippen LogP contribution in [-0.2, 0) is 4.79 Å². The fourth-order valence-electron chi connectivity index (χ4n) is 7.79. The van der Waals surface area contributed by atoms with E-state index in [0.717, 1.165) is 46.4 Å². The highest BCUT2D eigenvalue weighted by atomic mass is 16.5. The fourth-order valence-corrected chi connectivity index (χ4v) is 7.79. The van der Waals surface area contributed by atoms with Crippen LogP contribution in [0.1, 0.15) is 66.6 Å². The number of rotatable bonds is 16. The first kappa shape index (κ1) is 40.7. The quantitative estimate of drug-likeness (QED) is 0.0592. The summed E-state index contributed by atoms with van der Waals surface area (Å²) in [6, 6.07) is 20.0. The summed E-state index contributed by atoms with van der Waals surface area (Å²) in [5.41, 5.74) is 6.16. The molecule has 3 N–H and O–H groups in total. The molecule has 0 spiro atoms. The molecule has 13 heteroatoms. The minimum Gasteiger partial charge on any atom is -0.508 e. The van der Waals surface area contributed by atoms with Crippen molar-refractivity contribution in [3.63, 3.8) is 0 Å². The molecular formula is C46H50N4O9. The summed E-state index contributed by atoms with van der Waals surface area (Å²) in [5.74, 6) is 2.03. The van der Waals surface area contributed by atoms with Crippen LogP contribution in [0, 0.1) is 6.92 Å². The third-order valence-corrected chi connectivity index (χ3v) is 11.2. The molecule has 308 valence electrons. The van der Waals surface area contributed by atoms with Crippen LogP contribution in [0.25, 0.3) is 11.1 Å². The van der Waals surface area contributed by atoms with E-state index in [1.807, 2.05) is 56.1 Å². The smallest absolute Gasteiger partial charge is 0.260 e. The van der Waals surface area contributed by atoms with Crippen molar-refractivity contribution in [2.24, 2.45) is 4.99 Å². The van der Waals surface area contributed by atoms with Crippen molar-refractivity contribution in [3.05, 3.63) is 107 Å². The molecule has 0 aliphatic carbocycles. The molecular weight excluding hydrogens is 753 g/mol. The van der Waals surface area contributed by atoms with Gasteiger partial charge in [-0.05, 0) is 90.9 Å². The molecule has 0 fully saturated rings. The lowest BCUT2D eigenvalue weighted by molar-refractivity contribution is -0.118. The Morgan fingerprint density at radius 3 is 2.03 bits per heavy atom. The number of methoxy groups -OCH3 is 2. The number of hydrogen-bond donors (Lipinski definition) is 3. The molecule has 3 aliphatic heterocycles. The van der Waals surface area contributed by atoms with Crippen molar-refractivity contribution in [1.29, 1.82) is 0 Å². The Labute approximate surface area is 344 Å². The topological polar surface area (TPSA) is 154 Å². The van der Waals surface area contributed by atoms with E-state index in [-0.39, 0.29) is 42.7 Å². The van der Waals surface area contributed by atoms with Gasteiger partial charge < -0.3 is 49.0 Å². The number of aliphatic hydroxyl groups is 1. The largest absolute Gasteiger partial charge is 0.508 e. The van der Waals surface area contributed by atoms with Crippen molar-refractivity contribution in [1.82, 2.24) is 9.80 Å². The lowest BCUT2D eigenvalue weighted by Gasteiger charge is -2.40. The first-order valence-electron chi connectivity index (χ1n) is 19.8. The van der Waals surface area contributed by atoms with Crippen LogP contribution in [-0.4, -0.2) is 95.4 Å². The molecule has 2 amide bonds. The highest BCUT2D eigenvalue weighted by Crippen LogP contribution is 2.42. The molecule has 7 rings (SSSR count). The summed E-state index contributed by atoms with van der Waals surface area (Å²) < 4.78 is 23.8. The van der Waals surface area contributed by atoms with Gasteiger partial charge in [0.05, 0.1) is 50.8 Å². The molecule has 4 unspecified atom stereocenters. The van der Waals surface area contributed by atoms with Crippen LogP contribution >= 0.6 is 0 Å². The van der Waals surface area contributed by atoms with E-state index in [4.69, 9.17) is 18.9 Å². The van der Waals surface area contributed by atoms with Gasteiger partial charge in [-0.1, -0.05) is 31.2 Å². The Kier molecular flexibility index (Phi) is 12.1. The van der Waals surface area contributed by atoms with E-state index >= 15 is 0 Å². The number of anilines is 1. The second-order valence-corrected chi connectivity index (χ2v) is 14.9. The van der Waals surface area contributed by atoms with E-state index in [9.17, 15) is 24.9 Å². The standard InChI is InChI=1S/C46H50N4O9/c1-6-29(3)50(46(55)40-20-33(25-48(40)27-51)31-10-14-36(53)15-11-31)39-23-44(41(56-4)18-28(39)2)59-17-7-16-58-43-22-38-37(21-42(43)57-5)45(54)49-26-32(19-34(49)24-47-38)30-8-12-35(52)13-9-30/h8-15,18,21-27,29,34,40,46,52-53,55H,6-7,16-17,19-20H2,1-5H3. The normalized spacial score (nSPS) is 18.0. The zero-order chi connectivity index (χ0) is 41.8.